The van der Waals surface area contributed by atoms with Gasteiger partial charge in [0.25, 0.3) is 0 Å². The first-order valence-electron chi connectivity index (χ1n) is 14.6. The Morgan fingerprint density at radius 2 is 1.49 bits per heavy atom. The van der Waals surface area contributed by atoms with Crippen LogP contribution >= 0.6 is 9.24 Å². The van der Waals surface area contributed by atoms with Gasteiger partial charge in [-0.3, -0.25) is 4.98 Å². The number of benzene rings is 2. The molecule has 0 aliphatic heterocycles. The van der Waals surface area contributed by atoms with Crippen LogP contribution in [0, 0.1) is 12.7 Å². The van der Waals surface area contributed by atoms with Crippen molar-refractivity contribution in [1.82, 2.24) is 4.98 Å². The van der Waals surface area contributed by atoms with Gasteiger partial charge < -0.3 is 4.90 Å². The summed E-state index contributed by atoms with van der Waals surface area (Å²) in [5.74, 6) is 0.643. The lowest BCUT2D eigenvalue weighted by Crippen LogP contribution is -2.24. The summed E-state index contributed by atoms with van der Waals surface area (Å²) < 4.78 is 47.6. The lowest BCUT2D eigenvalue weighted by Gasteiger charge is -2.25. The van der Waals surface area contributed by atoms with Crippen molar-refractivity contribution in [2.24, 2.45) is 0 Å². The Kier molecular flexibility index (Phi) is 18.4. The van der Waals surface area contributed by atoms with E-state index in [4.69, 9.17) is 0 Å². The van der Waals surface area contributed by atoms with Crippen LogP contribution in [0.5, 0.6) is 0 Å². The quantitative estimate of drug-likeness (QED) is 0.200. The molecular weight excluding hydrogens is 543 g/mol. The zero-order chi connectivity index (χ0) is 31.8. The molecule has 0 bridgehead atoms. The van der Waals surface area contributed by atoms with E-state index in [9.17, 15) is 17.6 Å². The highest BCUT2D eigenvalue weighted by atomic mass is 31.0. The number of nitrogens with zero attached hydrogens (tertiary/aromatic N) is 2. The van der Waals surface area contributed by atoms with Crippen LogP contribution in [0.15, 0.2) is 54.9 Å². The number of anilines is 1. The SMILES string of the molecule is CC.CC(C)c1cncc(-c2ccccc2)c1.CCCCC(F)(F)F.CCN(C)c1c(C)cc(F)c(C(C)C)c1P. The Labute approximate surface area is 249 Å². The standard InChI is InChI=1S/C14H15N.C13H21FNP.C5H9F3.C2H6/c1-11(2)13-8-14(10-15-9-13)12-6-4-3-5-7-12;1-6-15(5)12-9(4)7-10(14)11(8(2)3)13(12)16;1-2-3-4-5(6,7)8;1-2/h3-11H,1-2H3;7-8H,6,16H2,1-5H3;2-4H2,1H3;1-2H3. The Morgan fingerprint density at radius 3 is 1.93 bits per heavy atom. The van der Waals surface area contributed by atoms with E-state index < -0.39 is 12.6 Å². The molecule has 0 aliphatic rings. The summed E-state index contributed by atoms with van der Waals surface area (Å²) in [6.45, 7) is 19.1. The molecule has 1 aromatic heterocycles. The minimum absolute atomic E-state index is 0.0919. The fraction of sp³-hybridized carbons (Fsp3) is 0.500. The van der Waals surface area contributed by atoms with E-state index in [1.807, 2.05) is 60.1 Å². The van der Waals surface area contributed by atoms with Gasteiger partial charge >= 0.3 is 6.18 Å². The van der Waals surface area contributed by atoms with Crippen molar-refractivity contribution < 1.29 is 17.6 Å². The van der Waals surface area contributed by atoms with Gasteiger partial charge in [-0.2, -0.15) is 13.2 Å². The molecule has 230 valence electrons. The molecule has 0 saturated heterocycles. The maximum atomic E-state index is 13.9. The number of pyridine rings is 1. The normalized spacial score (nSPS) is 10.7. The van der Waals surface area contributed by atoms with Crippen LogP contribution in [-0.4, -0.2) is 24.8 Å². The number of rotatable bonds is 7. The average Bonchev–Trinajstić information content (AvgIpc) is 2.93. The zero-order valence-electron chi connectivity index (χ0n) is 26.7. The predicted molar refractivity (Wildman–Crippen MR) is 174 cm³/mol. The fourth-order valence-electron chi connectivity index (χ4n) is 4.00. The van der Waals surface area contributed by atoms with Gasteiger partial charge in [-0.05, 0) is 71.8 Å². The maximum Gasteiger partial charge on any atom is 0.389 e. The fourth-order valence-corrected chi connectivity index (χ4v) is 4.91. The molecule has 0 aliphatic carbocycles. The number of aromatic nitrogens is 1. The molecule has 0 amide bonds. The van der Waals surface area contributed by atoms with Crippen LogP contribution in [0.1, 0.15) is 103 Å². The molecule has 0 saturated carbocycles. The first kappa shape index (κ1) is 38.5. The lowest BCUT2D eigenvalue weighted by molar-refractivity contribution is -0.135. The first-order chi connectivity index (χ1) is 19.2. The van der Waals surface area contributed by atoms with Gasteiger partial charge in [0.1, 0.15) is 5.82 Å². The van der Waals surface area contributed by atoms with Crippen molar-refractivity contribution in [2.75, 3.05) is 18.5 Å². The molecule has 0 fully saturated rings. The number of hydrogen-bond acceptors (Lipinski definition) is 2. The van der Waals surface area contributed by atoms with E-state index in [1.165, 1.54) is 16.7 Å². The van der Waals surface area contributed by atoms with Gasteiger partial charge in [-0.15, -0.1) is 9.24 Å². The van der Waals surface area contributed by atoms with E-state index in [1.54, 1.807) is 13.0 Å². The Bertz CT molecular complexity index is 1130. The molecule has 3 rings (SSSR count). The molecule has 1 atom stereocenters. The van der Waals surface area contributed by atoms with Gasteiger partial charge in [-0.1, -0.05) is 85.2 Å². The number of alkyl halides is 3. The van der Waals surface area contributed by atoms with E-state index in [0.29, 0.717) is 12.3 Å². The summed E-state index contributed by atoms with van der Waals surface area (Å²) in [7, 11) is 4.74. The summed E-state index contributed by atoms with van der Waals surface area (Å²) in [5, 5.41) is 0.997. The first-order valence-corrected chi connectivity index (χ1v) is 15.2. The molecule has 0 N–H and O–H groups in total. The Hall–Kier alpha value is -2.46. The van der Waals surface area contributed by atoms with E-state index in [0.717, 1.165) is 28.7 Å². The van der Waals surface area contributed by atoms with Crippen LogP contribution in [0.25, 0.3) is 11.1 Å². The Morgan fingerprint density at radius 1 is 0.902 bits per heavy atom. The molecule has 0 spiro atoms. The molecule has 0 radical (unpaired) electrons. The summed E-state index contributed by atoms with van der Waals surface area (Å²) >= 11 is 0. The van der Waals surface area contributed by atoms with Gasteiger partial charge in [0.05, 0.1) is 0 Å². The second kappa shape index (κ2) is 19.6. The van der Waals surface area contributed by atoms with Crippen molar-refractivity contribution in [3.63, 3.8) is 0 Å². The molecule has 2 aromatic carbocycles. The number of aryl methyl sites for hydroxylation is 1. The Balaban J connectivity index is 0.000000597. The number of hydrogen-bond donors (Lipinski definition) is 0. The van der Waals surface area contributed by atoms with Gasteiger partial charge in [-0.25, -0.2) is 4.39 Å². The van der Waals surface area contributed by atoms with E-state index in [2.05, 4.69) is 70.2 Å². The predicted octanol–water partition coefficient (Wildman–Crippen LogP) is 10.9. The molecule has 3 aromatic rings. The zero-order valence-corrected chi connectivity index (χ0v) is 27.8. The molecular formula is C34H51F4N2P. The summed E-state index contributed by atoms with van der Waals surface area (Å²) in [5.41, 5.74) is 6.66. The lowest BCUT2D eigenvalue weighted by atomic mass is 9.99. The van der Waals surface area contributed by atoms with Crippen molar-refractivity contribution in [3.05, 3.63) is 77.4 Å². The number of unbranched alkanes of at least 4 members (excludes halogenated alkanes) is 1. The van der Waals surface area contributed by atoms with Crippen molar-refractivity contribution in [1.29, 1.82) is 0 Å². The monoisotopic (exact) mass is 594 g/mol. The molecule has 1 unspecified atom stereocenters. The molecule has 41 heavy (non-hydrogen) atoms. The molecule has 2 nitrogen and oxygen atoms in total. The van der Waals surface area contributed by atoms with E-state index >= 15 is 0 Å². The van der Waals surface area contributed by atoms with Crippen LogP contribution in [0.4, 0.5) is 23.2 Å². The third-order valence-corrected chi connectivity index (χ3v) is 6.88. The van der Waals surface area contributed by atoms with Gasteiger partial charge in [0.15, 0.2) is 0 Å². The second-order valence-electron chi connectivity index (χ2n) is 10.3. The van der Waals surface area contributed by atoms with Crippen molar-refractivity contribution in [3.8, 4) is 11.1 Å². The van der Waals surface area contributed by atoms with Crippen LogP contribution < -0.4 is 10.2 Å². The second-order valence-corrected chi connectivity index (χ2v) is 10.8. The van der Waals surface area contributed by atoms with Crippen molar-refractivity contribution >= 4 is 20.2 Å². The van der Waals surface area contributed by atoms with Crippen LogP contribution in [-0.2, 0) is 0 Å². The third kappa shape index (κ3) is 13.8. The highest BCUT2D eigenvalue weighted by molar-refractivity contribution is 7.28. The third-order valence-electron chi connectivity index (χ3n) is 6.30. The van der Waals surface area contributed by atoms with Gasteiger partial charge in [0.2, 0.25) is 0 Å². The minimum Gasteiger partial charge on any atom is -0.374 e. The maximum absolute atomic E-state index is 13.9. The molecule has 7 heteroatoms. The van der Waals surface area contributed by atoms with E-state index in [-0.39, 0.29) is 18.2 Å². The minimum atomic E-state index is -3.95. The summed E-state index contributed by atoms with van der Waals surface area (Å²) in [6.07, 6.45) is 0.140. The van der Waals surface area contributed by atoms with Crippen LogP contribution in [0.3, 0.4) is 0 Å². The van der Waals surface area contributed by atoms with Crippen LogP contribution in [0.2, 0.25) is 0 Å². The smallest absolute Gasteiger partial charge is 0.374 e. The van der Waals surface area contributed by atoms with Gasteiger partial charge in [0, 0.05) is 43.7 Å². The topological polar surface area (TPSA) is 16.1 Å². The number of halogens is 4. The highest BCUT2D eigenvalue weighted by Gasteiger charge is 2.25. The average molecular weight is 595 g/mol. The highest BCUT2D eigenvalue weighted by Crippen LogP contribution is 2.28. The summed E-state index contributed by atoms with van der Waals surface area (Å²) in [6, 6.07) is 14.2. The summed E-state index contributed by atoms with van der Waals surface area (Å²) in [4.78, 5) is 6.44. The van der Waals surface area contributed by atoms with Crippen molar-refractivity contribution in [2.45, 2.75) is 99.6 Å². The largest absolute Gasteiger partial charge is 0.389 e. The molecule has 1 heterocycles.